The van der Waals surface area contributed by atoms with E-state index >= 15 is 0 Å². The Hall–Kier alpha value is -3.03. The molecular weight excluding hydrogens is 296 g/mol. The summed E-state index contributed by atoms with van der Waals surface area (Å²) in [5.74, 6) is -0.263. The third-order valence-electron chi connectivity index (χ3n) is 3.62. The summed E-state index contributed by atoms with van der Waals surface area (Å²) in [5, 5.41) is 7.24. The number of nitrogens with zero attached hydrogens (tertiary/aromatic N) is 5. The van der Waals surface area contributed by atoms with Crippen molar-refractivity contribution in [3.05, 3.63) is 53.0 Å². The van der Waals surface area contributed by atoms with Gasteiger partial charge in [-0.1, -0.05) is 0 Å². The van der Waals surface area contributed by atoms with Crippen molar-refractivity contribution >= 4 is 16.9 Å². The Bertz CT molecular complexity index is 899. The molecule has 0 aliphatic heterocycles. The molecule has 8 nitrogen and oxygen atoms in total. The van der Waals surface area contributed by atoms with E-state index in [1.54, 1.807) is 19.4 Å². The highest BCUT2D eigenvalue weighted by Gasteiger charge is 2.13. The van der Waals surface area contributed by atoms with E-state index in [-0.39, 0.29) is 24.1 Å². The Balaban J connectivity index is 1.75. The van der Waals surface area contributed by atoms with Crippen LogP contribution in [0.15, 0.2) is 41.8 Å². The lowest BCUT2D eigenvalue weighted by molar-refractivity contribution is -0.122. The third-order valence-corrected chi connectivity index (χ3v) is 3.62. The topological polar surface area (TPSA) is 94.7 Å². The van der Waals surface area contributed by atoms with Crippen LogP contribution in [0.3, 0.4) is 0 Å². The van der Waals surface area contributed by atoms with Crippen LogP contribution in [0.2, 0.25) is 0 Å². The standard InChI is InChI=1S/C15H16N6O2/c1-10(11-3-5-16-6-4-11)19-13(22)8-21-9-17-14-12(15(21)23)7-18-20(14)2/h3-7,9-10H,8H2,1-2H3,(H,19,22)/t10-/m1/s1. The number of carbonyl (C=O) groups excluding carboxylic acids is 1. The number of aromatic nitrogens is 5. The van der Waals surface area contributed by atoms with Crippen molar-refractivity contribution in [3.63, 3.8) is 0 Å². The molecule has 0 aromatic carbocycles. The predicted molar refractivity (Wildman–Crippen MR) is 83.6 cm³/mol. The summed E-state index contributed by atoms with van der Waals surface area (Å²) in [7, 11) is 1.71. The zero-order chi connectivity index (χ0) is 16.4. The van der Waals surface area contributed by atoms with Crippen LogP contribution >= 0.6 is 0 Å². The highest BCUT2D eigenvalue weighted by atomic mass is 16.2. The van der Waals surface area contributed by atoms with Crippen molar-refractivity contribution in [1.82, 2.24) is 29.6 Å². The molecule has 1 amide bonds. The van der Waals surface area contributed by atoms with Gasteiger partial charge in [-0.2, -0.15) is 5.10 Å². The Morgan fingerprint density at radius 3 is 2.83 bits per heavy atom. The quantitative estimate of drug-likeness (QED) is 0.752. The Morgan fingerprint density at radius 1 is 1.35 bits per heavy atom. The number of carbonyl (C=O) groups is 1. The molecule has 3 aromatic rings. The lowest BCUT2D eigenvalue weighted by atomic mass is 10.1. The SMILES string of the molecule is C[C@@H](NC(=O)Cn1cnc2c(cnn2C)c1=O)c1ccncc1. The van der Waals surface area contributed by atoms with E-state index in [1.807, 2.05) is 19.1 Å². The fourth-order valence-corrected chi connectivity index (χ4v) is 2.36. The van der Waals surface area contributed by atoms with Gasteiger partial charge in [-0.25, -0.2) is 4.98 Å². The first-order valence-corrected chi connectivity index (χ1v) is 7.12. The van der Waals surface area contributed by atoms with Crippen LogP contribution in [0.5, 0.6) is 0 Å². The van der Waals surface area contributed by atoms with Crippen LogP contribution in [-0.2, 0) is 18.4 Å². The number of pyridine rings is 1. The molecule has 3 heterocycles. The largest absolute Gasteiger partial charge is 0.348 e. The summed E-state index contributed by atoms with van der Waals surface area (Å²) in [6, 6.07) is 3.50. The van der Waals surface area contributed by atoms with E-state index in [0.717, 1.165) is 5.56 Å². The van der Waals surface area contributed by atoms with Crippen LogP contribution in [0, 0.1) is 0 Å². The van der Waals surface area contributed by atoms with Crippen LogP contribution in [0.1, 0.15) is 18.5 Å². The Kier molecular flexibility index (Phi) is 3.88. The van der Waals surface area contributed by atoms with E-state index < -0.39 is 0 Å². The van der Waals surface area contributed by atoms with Gasteiger partial charge in [-0.15, -0.1) is 0 Å². The average molecular weight is 312 g/mol. The van der Waals surface area contributed by atoms with E-state index in [0.29, 0.717) is 11.0 Å². The van der Waals surface area contributed by atoms with E-state index in [2.05, 4.69) is 20.4 Å². The molecule has 0 saturated heterocycles. The molecule has 0 aliphatic carbocycles. The highest BCUT2D eigenvalue weighted by Crippen LogP contribution is 2.10. The summed E-state index contributed by atoms with van der Waals surface area (Å²) in [5.41, 5.74) is 1.16. The second-order valence-electron chi connectivity index (χ2n) is 5.25. The molecule has 3 rings (SSSR count). The maximum Gasteiger partial charge on any atom is 0.264 e. The van der Waals surface area contributed by atoms with Gasteiger partial charge in [0.1, 0.15) is 18.3 Å². The normalized spacial score (nSPS) is 12.3. The zero-order valence-corrected chi connectivity index (χ0v) is 12.8. The molecule has 3 aromatic heterocycles. The summed E-state index contributed by atoms with van der Waals surface area (Å²) in [6.45, 7) is 1.78. The minimum Gasteiger partial charge on any atom is -0.348 e. The zero-order valence-electron chi connectivity index (χ0n) is 12.8. The molecular formula is C15H16N6O2. The molecule has 23 heavy (non-hydrogen) atoms. The van der Waals surface area contributed by atoms with Crippen molar-refractivity contribution in [3.8, 4) is 0 Å². The molecule has 0 saturated carbocycles. The maximum atomic E-state index is 12.3. The predicted octanol–water partition coefficient (Wildman–Crippen LogP) is 0.402. The molecule has 0 spiro atoms. The number of hydrogen-bond donors (Lipinski definition) is 1. The lowest BCUT2D eigenvalue weighted by Crippen LogP contribution is -2.33. The number of hydrogen-bond acceptors (Lipinski definition) is 5. The Labute approximate surface area is 131 Å². The molecule has 8 heteroatoms. The maximum absolute atomic E-state index is 12.3. The first-order chi connectivity index (χ1) is 11.1. The van der Waals surface area contributed by atoms with Crippen molar-refractivity contribution in [2.45, 2.75) is 19.5 Å². The fourth-order valence-electron chi connectivity index (χ4n) is 2.36. The van der Waals surface area contributed by atoms with Gasteiger partial charge in [0.05, 0.1) is 12.2 Å². The number of nitrogens with one attached hydrogen (secondary N) is 1. The summed E-state index contributed by atoms with van der Waals surface area (Å²) in [6.07, 6.45) is 6.16. The van der Waals surface area contributed by atoms with Gasteiger partial charge in [-0.3, -0.25) is 23.8 Å². The van der Waals surface area contributed by atoms with E-state index in [9.17, 15) is 9.59 Å². The first kappa shape index (κ1) is 14.9. The monoisotopic (exact) mass is 312 g/mol. The second kappa shape index (κ2) is 5.99. The molecule has 0 radical (unpaired) electrons. The second-order valence-corrected chi connectivity index (χ2v) is 5.25. The summed E-state index contributed by atoms with van der Waals surface area (Å²) in [4.78, 5) is 32.6. The van der Waals surface area contributed by atoms with Crippen molar-refractivity contribution in [2.24, 2.45) is 7.05 Å². The fraction of sp³-hybridized carbons (Fsp3) is 0.267. The van der Waals surface area contributed by atoms with Crippen LogP contribution in [0.25, 0.3) is 11.0 Å². The molecule has 0 fully saturated rings. The van der Waals surface area contributed by atoms with Crippen molar-refractivity contribution in [1.29, 1.82) is 0 Å². The van der Waals surface area contributed by atoms with Crippen molar-refractivity contribution < 1.29 is 4.79 Å². The van der Waals surface area contributed by atoms with Crippen LogP contribution in [-0.4, -0.2) is 30.2 Å². The summed E-state index contributed by atoms with van der Waals surface area (Å²) < 4.78 is 2.80. The van der Waals surface area contributed by atoms with Gasteiger partial charge in [-0.05, 0) is 24.6 Å². The van der Waals surface area contributed by atoms with Gasteiger partial charge in [0.2, 0.25) is 5.91 Å². The number of rotatable bonds is 4. The van der Waals surface area contributed by atoms with Gasteiger partial charge in [0.15, 0.2) is 5.65 Å². The third kappa shape index (κ3) is 2.96. The van der Waals surface area contributed by atoms with E-state index in [4.69, 9.17) is 0 Å². The molecule has 0 bridgehead atoms. The minimum absolute atomic E-state index is 0.0912. The molecule has 0 aliphatic rings. The van der Waals surface area contributed by atoms with Crippen LogP contribution in [0.4, 0.5) is 0 Å². The summed E-state index contributed by atoms with van der Waals surface area (Å²) >= 11 is 0. The van der Waals surface area contributed by atoms with E-state index in [1.165, 1.54) is 21.8 Å². The van der Waals surface area contributed by atoms with Gasteiger partial charge in [0, 0.05) is 19.4 Å². The van der Waals surface area contributed by atoms with Crippen LogP contribution < -0.4 is 10.9 Å². The number of aryl methyl sites for hydroxylation is 1. The molecule has 118 valence electrons. The molecule has 0 unspecified atom stereocenters. The first-order valence-electron chi connectivity index (χ1n) is 7.12. The smallest absolute Gasteiger partial charge is 0.264 e. The number of amides is 1. The highest BCUT2D eigenvalue weighted by molar-refractivity contribution is 5.77. The Morgan fingerprint density at radius 2 is 2.09 bits per heavy atom. The molecule has 1 N–H and O–H groups in total. The average Bonchev–Trinajstić information content (AvgIpc) is 2.93. The van der Waals surface area contributed by atoms with Gasteiger partial charge < -0.3 is 5.32 Å². The van der Waals surface area contributed by atoms with Gasteiger partial charge >= 0.3 is 0 Å². The number of fused-ring (bicyclic) bond motifs is 1. The van der Waals surface area contributed by atoms with Gasteiger partial charge in [0.25, 0.3) is 5.56 Å². The molecule has 1 atom stereocenters. The lowest BCUT2D eigenvalue weighted by Gasteiger charge is -2.14. The minimum atomic E-state index is -0.283. The van der Waals surface area contributed by atoms with Crippen molar-refractivity contribution in [2.75, 3.05) is 0 Å².